The first kappa shape index (κ1) is 20.4. The minimum Gasteiger partial charge on any atom is -0.489 e. The fourth-order valence-electron chi connectivity index (χ4n) is 2.60. The van der Waals surface area contributed by atoms with Gasteiger partial charge in [0.25, 0.3) is 5.91 Å². The molecule has 29 heavy (non-hydrogen) atoms. The largest absolute Gasteiger partial charge is 0.489 e. The molecule has 3 rings (SSSR count). The van der Waals surface area contributed by atoms with Crippen LogP contribution in [0.15, 0.2) is 66.7 Å². The highest BCUT2D eigenvalue weighted by atomic mass is 35.5. The number of amides is 1. The third kappa shape index (κ3) is 4.92. The van der Waals surface area contributed by atoms with Crippen molar-refractivity contribution < 1.29 is 23.5 Å². The van der Waals surface area contributed by atoms with Crippen LogP contribution in [0.25, 0.3) is 0 Å². The quantitative estimate of drug-likeness (QED) is 0.571. The van der Waals surface area contributed by atoms with Crippen molar-refractivity contribution >= 4 is 29.2 Å². The van der Waals surface area contributed by atoms with Crippen LogP contribution in [0, 0.1) is 5.82 Å². The maximum Gasteiger partial charge on any atom is 0.339 e. The fourth-order valence-corrected chi connectivity index (χ4v) is 2.82. The summed E-state index contributed by atoms with van der Waals surface area (Å²) in [6, 6.07) is 17.3. The zero-order chi connectivity index (χ0) is 20.8. The highest BCUT2D eigenvalue weighted by Crippen LogP contribution is 2.22. The fraction of sp³-hybridized carbons (Fsp3) is 0.0909. The molecule has 0 bridgehead atoms. The van der Waals surface area contributed by atoms with Gasteiger partial charge in [0.05, 0.1) is 23.4 Å². The Labute approximate surface area is 172 Å². The highest BCUT2D eigenvalue weighted by molar-refractivity contribution is 6.31. The maximum atomic E-state index is 13.8. The second kappa shape index (κ2) is 9.21. The third-order valence-corrected chi connectivity index (χ3v) is 4.50. The molecule has 0 heterocycles. The molecule has 0 radical (unpaired) electrons. The van der Waals surface area contributed by atoms with Crippen LogP contribution in [-0.2, 0) is 11.3 Å². The summed E-state index contributed by atoms with van der Waals surface area (Å²) in [5, 5.41) is 2.97. The lowest BCUT2D eigenvalue weighted by molar-refractivity contribution is 0.0602. The van der Waals surface area contributed by atoms with Gasteiger partial charge in [0.1, 0.15) is 18.2 Å². The molecule has 0 saturated carbocycles. The molecular weight excluding hydrogens is 397 g/mol. The van der Waals surface area contributed by atoms with Gasteiger partial charge in [0.15, 0.2) is 0 Å². The van der Waals surface area contributed by atoms with E-state index in [9.17, 15) is 14.0 Å². The van der Waals surface area contributed by atoms with Gasteiger partial charge in [0, 0.05) is 11.1 Å². The molecule has 0 fully saturated rings. The molecular formula is C22H17ClFNO4. The van der Waals surface area contributed by atoms with Crippen LogP contribution >= 0.6 is 11.6 Å². The number of hydrogen-bond donors (Lipinski definition) is 1. The van der Waals surface area contributed by atoms with E-state index in [0.29, 0.717) is 17.0 Å². The van der Waals surface area contributed by atoms with Crippen LogP contribution in [0.5, 0.6) is 5.75 Å². The Bertz CT molecular complexity index is 1020. The number of benzene rings is 3. The average molecular weight is 414 g/mol. The zero-order valence-electron chi connectivity index (χ0n) is 15.4. The molecule has 0 atom stereocenters. The SMILES string of the molecule is COC(=O)c1ccccc1NC(=O)c1ccc(OCc2c(F)cccc2Cl)cc1. The van der Waals surface area contributed by atoms with Crippen LogP contribution in [0.2, 0.25) is 5.02 Å². The molecule has 3 aromatic rings. The summed E-state index contributed by atoms with van der Waals surface area (Å²) in [5.41, 5.74) is 1.22. The number of ether oxygens (including phenoxy) is 2. The van der Waals surface area contributed by atoms with E-state index in [2.05, 4.69) is 5.32 Å². The molecule has 7 heteroatoms. The minimum atomic E-state index is -0.545. The number of anilines is 1. The predicted octanol–water partition coefficient (Wildman–Crippen LogP) is 5.10. The van der Waals surface area contributed by atoms with Gasteiger partial charge in [-0.2, -0.15) is 0 Å². The number of carbonyl (C=O) groups excluding carboxylic acids is 2. The molecule has 0 saturated heterocycles. The maximum absolute atomic E-state index is 13.8. The summed E-state index contributed by atoms with van der Waals surface area (Å²) in [6.07, 6.45) is 0. The summed E-state index contributed by atoms with van der Waals surface area (Å²) in [7, 11) is 1.27. The predicted molar refractivity (Wildman–Crippen MR) is 108 cm³/mol. The molecule has 1 N–H and O–H groups in total. The minimum absolute atomic E-state index is 0.0381. The summed E-state index contributed by atoms with van der Waals surface area (Å²) in [4.78, 5) is 24.3. The summed E-state index contributed by atoms with van der Waals surface area (Å²) < 4.78 is 24.1. The molecule has 1 amide bonds. The van der Waals surface area contributed by atoms with Crippen molar-refractivity contribution in [3.8, 4) is 5.75 Å². The van der Waals surface area contributed by atoms with Gasteiger partial charge >= 0.3 is 5.97 Å². The van der Waals surface area contributed by atoms with E-state index in [-0.39, 0.29) is 22.8 Å². The first-order valence-corrected chi connectivity index (χ1v) is 9.02. The van der Waals surface area contributed by atoms with E-state index < -0.39 is 17.7 Å². The van der Waals surface area contributed by atoms with Crippen molar-refractivity contribution in [3.63, 3.8) is 0 Å². The van der Waals surface area contributed by atoms with Crippen LogP contribution in [0.3, 0.4) is 0 Å². The molecule has 148 valence electrons. The Morgan fingerprint density at radius 3 is 2.41 bits per heavy atom. The van der Waals surface area contributed by atoms with Gasteiger partial charge in [0.2, 0.25) is 0 Å². The number of nitrogens with one attached hydrogen (secondary N) is 1. The number of esters is 1. The second-order valence-corrected chi connectivity index (χ2v) is 6.41. The number of carbonyl (C=O) groups is 2. The lowest BCUT2D eigenvalue weighted by atomic mass is 10.1. The van der Waals surface area contributed by atoms with Gasteiger partial charge < -0.3 is 14.8 Å². The Kier molecular flexibility index (Phi) is 6.46. The first-order chi connectivity index (χ1) is 14.0. The van der Waals surface area contributed by atoms with Crippen molar-refractivity contribution in [2.24, 2.45) is 0 Å². The van der Waals surface area contributed by atoms with E-state index >= 15 is 0 Å². The standard InChI is InChI=1S/C22H17ClFNO4/c1-28-22(27)16-5-2-3-8-20(16)25-21(26)14-9-11-15(12-10-14)29-13-17-18(23)6-4-7-19(17)24/h2-12H,13H2,1H3,(H,25,26). The number of hydrogen-bond acceptors (Lipinski definition) is 4. The summed E-state index contributed by atoms with van der Waals surface area (Å²) in [5.74, 6) is -0.935. The van der Waals surface area contributed by atoms with Crippen LogP contribution < -0.4 is 10.1 Å². The van der Waals surface area contributed by atoms with Gasteiger partial charge in [-0.05, 0) is 48.5 Å². The zero-order valence-corrected chi connectivity index (χ0v) is 16.2. The van der Waals surface area contributed by atoms with Crippen LogP contribution in [0.1, 0.15) is 26.3 Å². The Morgan fingerprint density at radius 1 is 1.00 bits per heavy atom. The molecule has 5 nitrogen and oxygen atoms in total. The van der Waals surface area contributed by atoms with Crippen LogP contribution in [-0.4, -0.2) is 19.0 Å². The van der Waals surface area contributed by atoms with E-state index in [0.717, 1.165) is 0 Å². The Morgan fingerprint density at radius 2 is 1.72 bits per heavy atom. The summed E-state index contributed by atoms with van der Waals surface area (Å²) >= 11 is 5.98. The first-order valence-electron chi connectivity index (χ1n) is 8.64. The monoisotopic (exact) mass is 413 g/mol. The van der Waals surface area contributed by atoms with Crippen molar-refractivity contribution in [2.45, 2.75) is 6.61 Å². The van der Waals surface area contributed by atoms with E-state index in [1.54, 1.807) is 54.6 Å². The van der Waals surface area contributed by atoms with E-state index in [4.69, 9.17) is 21.1 Å². The van der Waals surface area contributed by atoms with Gasteiger partial charge in [-0.1, -0.05) is 29.8 Å². The van der Waals surface area contributed by atoms with Crippen molar-refractivity contribution in [1.82, 2.24) is 0 Å². The molecule has 0 aliphatic rings. The second-order valence-electron chi connectivity index (χ2n) is 6.00. The Hall–Kier alpha value is -3.38. The van der Waals surface area contributed by atoms with E-state index in [1.165, 1.54) is 19.2 Å². The van der Waals surface area contributed by atoms with E-state index in [1.807, 2.05) is 0 Å². The lowest BCUT2D eigenvalue weighted by Crippen LogP contribution is -2.15. The lowest BCUT2D eigenvalue weighted by Gasteiger charge is -2.11. The van der Waals surface area contributed by atoms with Crippen molar-refractivity contribution in [1.29, 1.82) is 0 Å². The highest BCUT2D eigenvalue weighted by Gasteiger charge is 2.14. The molecule has 0 aromatic heterocycles. The molecule has 0 aliphatic heterocycles. The van der Waals surface area contributed by atoms with Crippen molar-refractivity contribution in [3.05, 3.63) is 94.3 Å². The molecule has 0 spiro atoms. The van der Waals surface area contributed by atoms with Gasteiger partial charge in [-0.3, -0.25) is 4.79 Å². The normalized spacial score (nSPS) is 10.3. The molecule has 0 unspecified atom stereocenters. The number of rotatable bonds is 6. The topological polar surface area (TPSA) is 64.6 Å². The average Bonchev–Trinajstić information content (AvgIpc) is 2.73. The number of halogens is 2. The number of para-hydroxylation sites is 1. The van der Waals surface area contributed by atoms with Gasteiger partial charge in [-0.25, -0.2) is 9.18 Å². The smallest absolute Gasteiger partial charge is 0.339 e. The van der Waals surface area contributed by atoms with Gasteiger partial charge in [-0.15, -0.1) is 0 Å². The van der Waals surface area contributed by atoms with Crippen LogP contribution in [0.4, 0.5) is 10.1 Å². The van der Waals surface area contributed by atoms with Crippen molar-refractivity contribution in [2.75, 3.05) is 12.4 Å². The molecule has 0 aliphatic carbocycles. The molecule has 3 aromatic carbocycles. The summed E-state index contributed by atoms with van der Waals surface area (Å²) in [6.45, 7) is -0.0381. The number of methoxy groups -OCH3 is 1. The third-order valence-electron chi connectivity index (χ3n) is 4.14. The Balaban J connectivity index is 1.67.